The number of aliphatic hydroxyl groups excluding tert-OH is 1. The molecule has 3 aliphatic heterocycles. The molecular formula is C36H44ClN3O4S. The second-order valence-corrected chi connectivity index (χ2v) is 15.1. The van der Waals surface area contributed by atoms with Crippen LogP contribution in [0.4, 0.5) is 11.4 Å². The molecule has 9 heteroatoms. The third-order valence-electron chi connectivity index (χ3n) is 10.2. The lowest BCUT2D eigenvalue weighted by atomic mass is 9.66. The van der Waals surface area contributed by atoms with Gasteiger partial charge in [-0.1, -0.05) is 74.4 Å². The van der Waals surface area contributed by atoms with Crippen LogP contribution in [-0.4, -0.2) is 69.0 Å². The van der Waals surface area contributed by atoms with Crippen molar-refractivity contribution < 1.29 is 19.5 Å². The van der Waals surface area contributed by atoms with Gasteiger partial charge in [0.25, 0.3) is 5.91 Å². The van der Waals surface area contributed by atoms with Crippen LogP contribution in [0.25, 0.3) is 0 Å². The maximum absolute atomic E-state index is 15.1. The van der Waals surface area contributed by atoms with Crippen LogP contribution in [0.15, 0.2) is 73.8 Å². The second-order valence-electron chi connectivity index (χ2n) is 12.8. The number of carbonyl (C=O) groups excluding carboxylic acids is 3. The Balaban J connectivity index is 1.67. The Labute approximate surface area is 276 Å². The molecule has 1 N–H and O–H groups in total. The average Bonchev–Trinajstić information content (AvgIpc) is 3.60. The summed E-state index contributed by atoms with van der Waals surface area (Å²) in [6, 6.07) is 13.5. The Morgan fingerprint density at radius 3 is 2.36 bits per heavy atom. The minimum Gasteiger partial charge on any atom is -0.394 e. The number of hydrogen-bond donors (Lipinski definition) is 1. The van der Waals surface area contributed by atoms with E-state index < -0.39 is 33.4 Å². The molecule has 0 aromatic heterocycles. The molecule has 7 atom stereocenters. The number of para-hydroxylation sites is 2. The van der Waals surface area contributed by atoms with Crippen LogP contribution < -0.4 is 9.80 Å². The fourth-order valence-electron chi connectivity index (χ4n) is 7.95. The Bertz CT molecular complexity index is 1470. The molecule has 3 fully saturated rings. The highest BCUT2D eigenvalue weighted by atomic mass is 35.5. The Kier molecular flexibility index (Phi) is 9.60. The number of fused-ring (bicyclic) bond motifs is 1. The van der Waals surface area contributed by atoms with Gasteiger partial charge in [0.15, 0.2) is 0 Å². The monoisotopic (exact) mass is 649 g/mol. The van der Waals surface area contributed by atoms with E-state index >= 15 is 4.79 Å². The SMILES string of the molecule is C=CCN(C(=O)[C@@H]1[C@H]2C(=O)N([C@@H](CO)[C@@H](C)CC)C(C(=O)N(CC=C)c3c(C)cccc3Cl)C23CC[C@@]1(C)S3)c1ccccc1. The number of likely N-dealkylation sites (tertiary alicyclic amines) is 1. The van der Waals surface area contributed by atoms with Gasteiger partial charge >= 0.3 is 0 Å². The molecule has 2 bridgehead atoms. The number of thioether (sulfide) groups is 1. The summed E-state index contributed by atoms with van der Waals surface area (Å²) in [6.07, 6.45) is 5.36. The Morgan fingerprint density at radius 2 is 1.76 bits per heavy atom. The lowest BCUT2D eigenvalue weighted by Crippen LogP contribution is -2.59. The largest absolute Gasteiger partial charge is 0.394 e. The zero-order chi connectivity index (χ0) is 32.7. The van der Waals surface area contributed by atoms with E-state index in [2.05, 4.69) is 20.1 Å². The van der Waals surface area contributed by atoms with Gasteiger partial charge in [-0.15, -0.1) is 24.9 Å². The molecular weight excluding hydrogens is 606 g/mol. The van der Waals surface area contributed by atoms with Crippen LogP contribution in [-0.2, 0) is 14.4 Å². The van der Waals surface area contributed by atoms with Crippen molar-refractivity contribution in [3.05, 3.63) is 84.4 Å². The Hall–Kier alpha value is -3.07. The molecule has 0 aliphatic carbocycles. The van der Waals surface area contributed by atoms with Crippen molar-refractivity contribution in [1.82, 2.24) is 4.90 Å². The van der Waals surface area contributed by atoms with Crippen LogP contribution >= 0.6 is 23.4 Å². The van der Waals surface area contributed by atoms with E-state index in [1.807, 2.05) is 63.2 Å². The smallest absolute Gasteiger partial charge is 0.251 e. The predicted molar refractivity (Wildman–Crippen MR) is 184 cm³/mol. The summed E-state index contributed by atoms with van der Waals surface area (Å²) < 4.78 is -1.40. The average molecular weight is 650 g/mol. The van der Waals surface area contributed by atoms with E-state index in [9.17, 15) is 14.7 Å². The number of hydrogen-bond acceptors (Lipinski definition) is 5. The van der Waals surface area contributed by atoms with Gasteiger partial charge in [-0.25, -0.2) is 0 Å². The lowest BCUT2D eigenvalue weighted by molar-refractivity contribution is -0.143. The number of carbonyl (C=O) groups is 3. The molecule has 45 heavy (non-hydrogen) atoms. The van der Waals surface area contributed by atoms with Crippen molar-refractivity contribution in [1.29, 1.82) is 0 Å². The van der Waals surface area contributed by atoms with Crippen LogP contribution in [0, 0.1) is 24.7 Å². The third-order valence-corrected chi connectivity index (χ3v) is 12.5. The summed E-state index contributed by atoms with van der Waals surface area (Å²) in [4.78, 5) is 49.7. The molecule has 3 amide bonds. The van der Waals surface area contributed by atoms with Gasteiger partial charge in [-0.2, -0.15) is 0 Å². The number of benzene rings is 2. The van der Waals surface area contributed by atoms with E-state index in [1.165, 1.54) is 0 Å². The molecule has 2 unspecified atom stereocenters. The molecule has 0 saturated carbocycles. The number of nitrogens with zero attached hydrogens (tertiary/aromatic N) is 3. The van der Waals surface area contributed by atoms with E-state index in [4.69, 9.17) is 11.6 Å². The van der Waals surface area contributed by atoms with Gasteiger partial charge in [-0.05, 0) is 56.4 Å². The number of aryl methyl sites for hydroxylation is 1. The van der Waals surface area contributed by atoms with Crippen molar-refractivity contribution in [2.24, 2.45) is 17.8 Å². The first kappa shape index (κ1) is 33.3. The molecule has 5 rings (SSSR count). The fraction of sp³-hybridized carbons (Fsp3) is 0.472. The molecule has 0 radical (unpaired) electrons. The van der Waals surface area contributed by atoms with Gasteiger partial charge < -0.3 is 19.8 Å². The van der Waals surface area contributed by atoms with Crippen molar-refractivity contribution >= 4 is 52.5 Å². The first-order valence-electron chi connectivity index (χ1n) is 15.8. The van der Waals surface area contributed by atoms with Crippen molar-refractivity contribution in [2.45, 2.75) is 68.5 Å². The van der Waals surface area contributed by atoms with E-state index in [0.717, 1.165) is 11.3 Å². The summed E-state index contributed by atoms with van der Waals surface area (Å²) in [6.45, 7) is 16.0. The number of rotatable bonds is 12. The standard InChI is InChI=1S/C36H44ClN3O4S/c1-7-20-38(25-15-11-10-12-16-25)32(42)28-29-33(43)40(27(22-41)23(4)9-3)31(36(29)19-18-35(28,6)45-36)34(44)39(21-8-2)30-24(5)14-13-17-26(30)37/h7-8,10-17,23,27-29,31,41H,1-2,9,18-22H2,3-6H3/t23-,27-,28-,29-,31?,35+,36?/m0/s1. The van der Waals surface area contributed by atoms with Gasteiger partial charge in [0.1, 0.15) is 6.04 Å². The molecule has 2 aromatic rings. The number of anilines is 2. The molecule has 2 aromatic carbocycles. The summed E-state index contributed by atoms with van der Waals surface area (Å²) in [5.41, 5.74) is 2.15. The summed E-state index contributed by atoms with van der Waals surface area (Å²) in [5.74, 6) is -2.10. The summed E-state index contributed by atoms with van der Waals surface area (Å²) in [7, 11) is 0. The quantitative estimate of drug-likeness (QED) is 0.274. The molecule has 3 heterocycles. The Morgan fingerprint density at radius 1 is 1.09 bits per heavy atom. The fourth-order valence-corrected chi connectivity index (χ4v) is 10.6. The predicted octanol–water partition coefficient (Wildman–Crippen LogP) is 6.27. The number of halogens is 1. The van der Waals surface area contributed by atoms with Crippen molar-refractivity contribution in [2.75, 3.05) is 29.5 Å². The van der Waals surface area contributed by atoms with Crippen LogP contribution in [0.3, 0.4) is 0 Å². The maximum atomic E-state index is 15.1. The highest BCUT2D eigenvalue weighted by Gasteiger charge is 2.78. The van der Waals surface area contributed by atoms with Crippen molar-refractivity contribution in [3.63, 3.8) is 0 Å². The molecule has 3 aliphatic rings. The van der Waals surface area contributed by atoms with Gasteiger partial charge in [-0.3, -0.25) is 14.4 Å². The minimum atomic E-state index is -0.897. The molecule has 3 saturated heterocycles. The topological polar surface area (TPSA) is 81.2 Å². The van der Waals surface area contributed by atoms with Crippen LogP contribution in [0.5, 0.6) is 0 Å². The number of aliphatic hydroxyl groups is 1. The van der Waals surface area contributed by atoms with E-state index in [0.29, 0.717) is 36.5 Å². The first-order valence-corrected chi connectivity index (χ1v) is 17.0. The summed E-state index contributed by atoms with van der Waals surface area (Å²) >= 11 is 8.35. The lowest BCUT2D eigenvalue weighted by Gasteiger charge is -2.41. The first-order chi connectivity index (χ1) is 21.5. The highest BCUT2D eigenvalue weighted by Crippen LogP contribution is 2.72. The van der Waals surface area contributed by atoms with Gasteiger partial charge in [0.05, 0.1) is 39.9 Å². The van der Waals surface area contributed by atoms with Crippen LogP contribution in [0.1, 0.15) is 45.6 Å². The second kappa shape index (κ2) is 13.0. The summed E-state index contributed by atoms with van der Waals surface area (Å²) in [5, 5.41) is 11.2. The highest BCUT2D eigenvalue weighted by molar-refractivity contribution is 8.02. The van der Waals surface area contributed by atoms with Crippen molar-refractivity contribution in [3.8, 4) is 0 Å². The molecule has 7 nitrogen and oxygen atoms in total. The van der Waals surface area contributed by atoms with Gasteiger partial charge in [0, 0.05) is 23.5 Å². The number of amides is 3. The van der Waals surface area contributed by atoms with Gasteiger partial charge in [0.2, 0.25) is 11.8 Å². The van der Waals surface area contributed by atoms with Crippen LogP contribution in [0.2, 0.25) is 5.02 Å². The molecule has 1 spiro atoms. The van der Waals surface area contributed by atoms with E-state index in [-0.39, 0.29) is 36.8 Å². The minimum absolute atomic E-state index is 0.0760. The zero-order valence-electron chi connectivity index (χ0n) is 26.6. The normalized spacial score (nSPS) is 28.0. The van der Waals surface area contributed by atoms with E-state index in [1.54, 1.807) is 44.7 Å². The zero-order valence-corrected chi connectivity index (χ0v) is 28.2. The third kappa shape index (κ3) is 5.33. The maximum Gasteiger partial charge on any atom is 0.251 e. The molecule has 240 valence electrons.